The fourth-order valence-electron chi connectivity index (χ4n) is 1.62. The van der Waals surface area contributed by atoms with Crippen LogP contribution in [0.15, 0.2) is 0 Å². The molecule has 1 heterocycles. The quantitative estimate of drug-likeness (QED) is 0.558. The zero-order chi connectivity index (χ0) is 9.14. The van der Waals surface area contributed by atoms with Crippen molar-refractivity contribution < 1.29 is 1.37 Å². The van der Waals surface area contributed by atoms with Gasteiger partial charge in [-0.25, -0.2) is 0 Å². The van der Waals surface area contributed by atoms with E-state index in [9.17, 15) is 0 Å². The minimum atomic E-state index is 0.455. The highest BCUT2D eigenvalue weighted by molar-refractivity contribution is 4.80. The number of rotatable bonds is 1. The predicted molar refractivity (Wildman–Crippen MR) is 48.8 cm³/mol. The van der Waals surface area contributed by atoms with Crippen molar-refractivity contribution in [1.82, 2.24) is 9.80 Å². The lowest BCUT2D eigenvalue weighted by Gasteiger charge is -2.39. The Bertz CT molecular complexity index is 138. The highest BCUT2D eigenvalue weighted by atomic mass is 15.3. The molecule has 0 radical (unpaired) electrons. The van der Waals surface area contributed by atoms with Gasteiger partial charge in [0.2, 0.25) is 0 Å². The van der Waals surface area contributed by atoms with Gasteiger partial charge in [-0.2, -0.15) is 0 Å². The monoisotopic (exact) mass is 157 g/mol. The zero-order valence-corrected chi connectivity index (χ0v) is 7.88. The minimum Gasteiger partial charge on any atom is -0.304 e. The van der Waals surface area contributed by atoms with Gasteiger partial charge in [0.05, 0.1) is 0 Å². The number of nitrogens with zero attached hydrogens (tertiary/aromatic N) is 2. The van der Waals surface area contributed by atoms with Gasteiger partial charge in [0, 0.05) is 27.0 Å². The molecule has 1 aliphatic heterocycles. The lowest BCUT2D eigenvalue weighted by Crippen LogP contribution is -2.52. The van der Waals surface area contributed by atoms with E-state index in [0.717, 1.165) is 19.6 Å². The number of hydrogen-bond acceptors (Lipinski definition) is 2. The molecule has 0 spiro atoms. The maximum absolute atomic E-state index is 7.39. The molecule has 2 heteroatoms. The molecule has 1 fully saturated rings. The lowest BCUT2D eigenvalue weighted by atomic mass is 10.0. The molecule has 1 atom stereocenters. The first-order valence-electron chi connectivity index (χ1n) is 5.07. The topological polar surface area (TPSA) is 6.48 Å². The summed E-state index contributed by atoms with van der Waals surface area (Å²) in [4.78, 5) is 4.63. The summed E-state index contributed by atoms with van der Waals surface area (Å²) in [5, 5.41) is 0. The van der Waals surface area contributed by atoms with Gasteiger partial charge in [0.15, 0.2) is 0 Å². The maximum atomic E-state index is 7.39. The Labute approximate surface area is 71.6 Å². The molecule has 1 rings (SSSR count). The second-order valence-corrected chi connectivity index (χ2v) is 3.89. The van der Waals surface area contributed by atoms with Crippen molar-refractivity contribution in [1.29, 1.82) is 0 Å². The first kappa shape index (κ1) is 7.56. The molecule has 0 N–H and O–H groups in total. The number of hydrogen-bond donors (Lipinski definition) is 0. The van der Waals surface area contributed by atoms with Crippen LogP contribution in [0.5, 0.6) is 0 Å². The van der Waals surface area contributed by atoms with Gasteiger partial charge < -0.3 is 9.80 Å². The van der Waals surface area contributed by atoms with Crippen LogP contribution in [0.4, 0.5) is 0 Å². The van der Waals surface area contributed by atoms with Crippen LogP contribution in [-0.2, 0) is 0 Å². The smallest absolute Gasteiger partial charge is 0.0394 e. The zero-order valence-electron chi connectivity index (χ0n) is 8.88. The van der Waals surface area contributed by atoms with E-state index in [1.807, 2.05) is 0 Å². The summed E-state index contributed by atoms with van der Waals surface area (Å²) in [6.45, 7) is 7.78. The van der Waals surface area contributed by atoms with Gasteiger partial charge in [-0.15, -0.1) is 0 Å². The van der Waals surface area contributed by atoms with E-state index in [1.54, 1.807) is 0 Å². The molecular formula is C9H20N2. The summed E-state index contributed by atoms with van der Waals surface area (Å²) in [5.41, 5.74) is 0. The molecule has 0 aromatic rings. The van der Waals surface area contributed by atoms with Crippen molar-refractivity contribution in [3.05, 3.63) is 0 Å². The highest BCUT2D eigenvalue weighted by Gasteiger charge is 2.24. The Morgan fingerprint density at radius 3 is 2.73 bits per heavy atom. The largest absolute Gasteiger partial charge is 0.304 e. The summed E-state index contributed by atoms with van der Waals surface area (Å²) in [6.07, 6.45) is 0. The molecular weight excluding hydrogens is 136 g/mol. The van der Waals surface area contributed by atoms with Gasteiger partial charge in [-0.1, -0.05) is 13.8 Å². The number of likely N-dealkylation sites (N-methyl/N-ethyl adjacent to an activating group) is 2. The van der Waals surface area contributed by atoms with E-state index in [2.05, 4.69) is 30.7 Å². The average Bonchev–Trinajstić information content (AvgIpc) is 2.04. The van der Waals surface area contributed by atoms with Crippen LogP contribution in [0.2, 0.25) is 0 Å². The summed E-state index contributed by atoms with van der Waals surface area (Å²) in [5.74, 6) is 0.665. The van der Waals surface area contributed by atoms with Crippen LogP contribution in [0.25, 0.3) is 0 Å². The van der Waals surface area contributed by atoms with E-state index in [4.69, 9.17) is 1.37 Å². The van der Waals surface area contributed by atoms with Crippen molar-refractivity contribution in [2.45, 2.75) is 19.9 Å². The lowest BCUT2D eigenvalue weighted by molar-refractivity contribution is 0.0857. The molecule has 2 nitrogen and oxygen atoms in total. The highest BCUT2D eigenvalue weighted by Crippen LogP contribution is 2.13. The Hall–Kier alpha value is -0.0800. The Morgan fingerprint density at radius 1 is 1.45 bits per heavy atom. The second-order valence-electron chi connectivity index (χ2n) is 3.89. The average molecular weight is 157 g/mol. The van der Waals surface area contributed by atoms with Crippen molar-refractivity contribution in [2.75, 3.05) is 33.7 Å². The van der Waals surface area contributed by atoms with Crippen molar-refractivity contribution in [2.24, 2.45) is 5.92 Å². The molecule has 11 heavy (non-hydrogen) atoms. The molecule has 1 saturated heterocycles. The van der Waals surface area contributed by atoms with Gasteiger partial charge in [0.1, 0.15) is 0 Å². The molecule has 0 unspecified atom stereocenters. The molecule has 66 valence electrons. The molecule has 0 bridgehead atoms. The number of piperazine rings is 1. The van der Waals surface area contributed by atoms with Crippen LogP contribution >= 0.6 is 0 Å². The molecule has 0 amide bonds. The fraction of sp³-hybridized carbons (Fsp3) is 1.00. The summed E-state index contributed by atoms with van der Waals surface area (Å²) in [7, 11) is 2.62. The second kappa shape index (κ2) is 3.55. The van der Waals surface area contributed by atoms with Crippen LogP contribution in [0.3, 0.4) is 0 Å². The van der Waals surface area contributed by atoms with Gasteiger partial charge in [-0.05, 0) is 20.0 Å². The van der Waals surface area contributed by atoms with E-state index in [-0.39, 0.29) is 0 Å². The summed E-state index contributed by atoms with van der Waals surface area (Å²) in [6, 6.07) is 0.584. The first-order valence-corrected chi connectivity index (χ1v) is 4.37. The molecule has 1 aliphatic rings. The third-order valence-corrected chi connectivity index (χ3v) is 2.51. The normalized spacial score (nSPS) is 30.9. The van der Waals surface area contributed by atoms with E-state index >= 15 is 0 Å². The van der Waals surface area contributed by atoms with Gasteiger partial charge in [-0.3, -0.25) is 0 Å². The Kier molecular flexibility index (Phi) is 2.44. The van der Waals surface area contributed by atoms with Crippen molar-refractivity contribution in [3.63, 3.8) is 0 Å². The van der Waals surface area contributed by atoms with Gasteiger partial charge in [0.25, 0.3) is 0 Å². The summed E-state index contributed by atoms with van der Waals surface area (Å²) >= 11 is 0. The van der Waals surface area contributed by atoms with Crippen molar-refractivity contribution >= 4 is 0 Å². The fourth-order valence-corrected chi connectivity index (χ4v) is 1.62. The first-order chi connectivity index (χ1) is 5.65. The Balaban J connectivity index is 2.52. The van der Waals surface area contributed by atoms with Crippen LogP contribution < -0.4 is 0 Å². The molecule has 0 aromatic heterocycles. The van der Waals surface area contributed by atoms with E-state index < -0.39 is 0 Å². The van der Waals surface area contributed by atoms with E-state index in [0.29, 0.717) is 19.0 Å². The molecule has 0 aromatic carbocycles. The molecule has 0 saturated carbocycles. The SMILES string of the molecule is [2H]CN1CCN(C)C[C@H]1C(C)C. The van der Waals surface area contributed by atoms with E-state index in [1.165, 1.54) is 0 Å². The van der Waals surface area contributed by atoms with Crippen LogP contribution in [0.1, 0.15) is 15.2 Å². The van der Waals surface area contributed by atoms with Crippen molar-refractivity contribution in [3.8, 4) is 0 Å². The minimum absolute atomic E-state index is 0.455. The maximum Gasteiger partial charge on any atom is 0.0394 e. The molecule has 0 aliphatic carbocycles. The van der Waals surface area contributed by atoms with Gasteiger partial charge >= 0.3 is 0 Å². The third-order valence-electron chi connectivity index (χ3n) is 2.51. The Morgan fingerprint density at radius 2 is 2.18 bits per heavy atom. The predicted octanol–water partition coefficient (Wildman–Crippen LogP) is 0.888. The summed E-state index contributed by atoms with van der Waals surface area (Å²) < 4.78 is 7.39. The standard InChI is InChI=1S/C9H20N2/c1-8(2)9-7-10(3)5-6-11(9)4/h8-9H,5-7H2,1-4H3/t9-/m0/s1/i4D. The van der Waals surface area contributed by atoms with Crippen LogP contribution in [0, 0.1) is 5.92 Å². The third kappa shape index (κ3) is 2.17. The van der Waals surface area contributed by atoms with Crippen LogP contribution in [-0.4, -0.2) is 49.5 Å².